The summed E-state index contributed by atoms with van der Waals surface area (Å²) in [6.07, 6.45) is 2.62. The van der Waals surface area contributed by atoms with Gasteiger partial charge in [0.2, 0.25) is 0 Å². The average Bonchev–Trinajstić information content (AvgIpc) is 3.13. The van der Waals surface area contributed by atoms with E-state index in [1.165, 1.54) is 23.4 Å². The molecule has 0 spiro atoms. The lowest BCUT2D eigenvalue weighted by atomic mass is 10.2. The molecule has 2 N–H and O–H groups in total. The quantitative estimate of drug-likeness (QED) is 0.851. The molecule has 0 saturated heterocycles. The minimum Gasteiger partial charge on any atom is -0.399 e. The number of aromatic nitrogens is 1. The van der Waals surface area contributed by atoms with Crippen molar-refractivity contribution < 1.29 is 0 Å². The zero-order valence-corrected chi connectivity index (χ0v) is 12.0. The summed E-state index contributed by atoms with van der Waals surface area (Å²) in [7, 11) is 0. The number of nitrogen functional groups attached to an aromatic ring is 1. The lowest BCUT2D eigenvalue weighted by molar-refractivity contribution is 0.245. The number of benzene rings is 1. The van der Waals surface area contributed by atoms with Crippen molar-refractivity contribution in [2.24, 2.45) is 0 Å². The van der Waals surface area contributed by atoms with Gasteiger partial charge in [0, 0.05) is 29.3 Å². The van der Waals surface area contributed by atoms with Gasteiger partial charge in [0.25, 0.3) is 0 Å². The Balaban J connectivity index is 1.71. The largest absolute Gasteiger partial charge is 0.399 e. The lowest BCUT2D eigenvalue weighted by Crippen LogP contribution is -2.25. The highest BCUT2D eigenvalue weighted by Crippen LogP contribution is 2.30. The first-order valence-electron chi connectivity index (χ1n) is 6.70. The molecule has 1 heterocycles. The molecule has 1 aromatic carbocycles. The maximum atomic E-state index is 5.85. The number of hydrogen-bond donors (Lipinski definition) is 1. The number of rotatable bonds is 5. The van der Waals surface area contributed by atoms with Crippen molar-refractivity contribution in [1.82, 2.24) is 9.88 Å². The number of nitrogens with zero attached hydrogens (tertiary/aromatic N) is 2. The molecule has 4 heteroatoms. The molecule has 0 amide bonds. The Morgan fingerprint density at radius 1 is 1.37 bits per heavy atom. The molecule has 0 atom stereocenters. The number of hydrogen-bond acceptors (Lipinski definition) is 4. The molecule has 1 aromatic heterocycles. The van der Waals surface area contributed by atoms with Gasteiger partial charge in [-0.25, -0.2) is 4.98 Å². The van der Waals surface area contributed by atoms with Crippen LogP contribution in [0.25, 0.3) is 0 Å². The highest BCUT2D eigenvalue weighted by molar-refractivity contribution is 7.09. The van der Waals surface area contributed by atoms with Crippen molar-refractivity contribution in [3.8, 4) is 0 Å². The van der Waals surface area contributed by atoms with E-state index >= 15 is 0 Å². The van der Waals surface area contributed by atoms with Crippen LogP contribution in [0.1, 0.15) is 29.1 Å². The van der Waals surface area contributed by atoms with Crippen molar-refractivity contribution in [1.29, 1.82) is 0 Å². The van der Waals surface area contributed by atoms with Gasteiger partial charge in [-0.05, 0) is 37.5 Å². The van der Waals surface area contributed by atoms with Gasteiger partial charge in [-0.1, -0.05) is 12.1 Å². The fourth-order valence-corrected chi connectivity index (χ4v) is 3.13. The summed E-state index contributed by atoms with van der Waals surface area (Å²) in [6, 6.07) is 8.92. The van der Waals surface area contributed by atoms with Crippen LogP contribution in [-0.2, 0) is 13.1 Å². The summed E-state index contributed by atoms with van der Waals surface area (Å²) in [6.45, 7) is 3.98. The van der Waals surface area contributed by atoms with Gasteiger partial charge in [-0.3, -0.25) is 4.90 Å². The molecule has 3 nitrogen and oxygen atoms in total. The highest BCUT2D eigenvalue weighted by Gasteiger charge is 2.29. The average molecular weight is 273 g/mol. The topological polar surface area (TPSA) is 42.1 Å². The second-order valence-electron chi connectivity index (χ2n) is 5.26. The van der Waals surface area contributed by atoms with Crippen molar-refractivity contribution in [2.45, 2.75) is 38.9 Å². The van der Waals surface area contributed by atoms with E-state index in [0.717, 1.165) is 30.5 Å². The van der Waals surface area contributed by atoms with E-state index in [1.807, 2.05) is 12.1 Å². The maximum Gasteiger partial charge on any atom is 0.107 e. The van der Waals surface area contributed by atoms with Crippen molar-refractivity contribution in [2.75, 3.05) is 5.73 Å². The zero-order chi connectivity index (χ0) is 13.2. The van der Waals surface area contributed by atoms with Crippen LogP contribution >= 0.6 is 11.3 Å². The summed E-state index contributed by atoms with van der Waals surface area (Å²) < 4.78 is 0. The monoisotopic (exact) mass is 273 g/mol. The molecule has 0 bridgehead atoms. The molecule has 1 saturated carbocycles. The first kappa shape index (κ1) is 12.6. The van der Waals surface area contributed by atoms with E-state index in [-0.39, 0.29) is 0 Å². The fourth-order valence-electron chi connectivity index (χ4n) is 2.33. The minimum atomic E-state index is 0.727. The van der Waals surface area contributed by atoms with Gasteiger partial charge in [0.05, 0.1) is 6.54 Å². The first-order valence-corrected chi connectivity index (χ1v) is 7.58. The zero-order valence-electron chi connectivity index (χ0n) is 11.2. The van der Waals surface area contributed by atoms with E-state index in [0.29, 0.717) is 0 Å². The highest BCUT2D eigenvalue weighted by atomic mass is 32.1. The standard InChI is InChI=1S/C15H19N3S/c1-11-10-19-15(17-11)9-18(14-5-6-14)8-12-3-2-4-13(16)7-12/h2-4,7,10,14H,5-6,8-9,16H2,1H3. The second-order valence-corrected chi connectivity index (χ2v) is 6.21. The molecule has 1 aliphatic rings. The van der Waals surface area contributed by atoms with Crippen LogP contribution in [0.15, 0.2) is 29.6 Å². The van der Waals surface area contributed by atoms with Gasteiger partial charge in [-0.2, -0.15) is 0 Å². The summed E-state index contributed by atoms with van der Waals surface area (Å²) in [4.78, 5) is 7.09. The molecule has 1 aliphatic carbocycles. The van der Waals surface area contributed by atoms with Crippen molar-refractivity contribution in [3.63, 3.8) is 0 Å². The van der Waals surface area contributed by atoms with Crippen LogP contribution in [0.2, 0.25) is 0 Å². The van der Waals surface area contributed by atoms with Crippen LogP contribution in [0, 0.1) is 6.92 Å². The first-order chi connectivity index (χ1) is 9.20. The predicted molar refractivity (Wildman–Crippen MR) is 80.0 cm³/mol. The Morgan fingerprint density at radius 2 is 2.21 bits per heavy atom. The maximum absolute atomic E-state index is 5.85. The molecule has 100 valence electrons. The van der Waals surface area contributed by atoms with Gasteiger partial charge < -0.3 is 5.73 Å². The second kappa shape index (κ2) is 5.31. The molecule has 19 heavy (non-hydrogen) atoms. The minimum absolute atomic E-state index is 0.727. The Morgan fingerprint density at radius 3 is 2.84 bits per heavy atom. The van der Waals surface area contributed by atoms with Crippen LogP contribution in [0.5, 0.6) is 0 Å². The lowest BCUT2D eigenvalue weighted by Gasteiger charge is -2.21. The van der Waals surface area contributed by atoms with Crippen LogP contribution in [-0.4, -0.2) is 15.9 Å². The Bertz CT molecular complexity index is 560. The van der Waals surface area contributed by atoms with Crippen LogP contribution in [0.3, 0.4) is 0 Å². The normalized spacial score (nSPS) is 15.1. The van der Waals surface area contributed by atoms with Gasteiger partial charge in [-0.15, -0.1) is 11.3 Å². The summed E-state index contributed by atoms with van der Waals surface area (Å²) in [5, 5.41) is 3.34. The SMILES string of the molecule is Cc1csc(CN(Cc2cccc(N)c2)C2CC2)n1. The van der Waals surface area contributed by atoms with Gasteiger partial charge >= 0.3 is 0 Å². The molecule has 1 fully saturated rings. The molecule has 0 radical (unpaired) electrons. The fraction of sp³-hybridized carbons (Fsp3) is 0.400. The third-order valence-electron chi connectivity index (χ3n) is 3.40. The van der Waals surface area contributed by atoms with E-state index in [2.05, 4.69) is 34.3 Å². The molecule has 3 rings (SSSR count). The van der Waals surface area contributed by atoms with Crippen LogP contribution < -0.4 is 5.73 Å². The third-order valence-corrected chi connectivity index (χ3v) is 4.36. The van der Waals surface area contributed by atoms with E-state index in [4.69, 9.17) is 5.73 Å². The number of aryl methyl sites for hydroxylation is 1. The summed E-state index contributed by atoms with van der Waals surface area (Å²) >= 11 is 1.76. The van der Waals surface area contributed by atoms with E-state index in [9.17, 15) is 0 Å². The number of anilines is 1. The van der Waals surface area contributed by atoms with Crippen LogP contribution in [0.4, 0.5) is 5.69 Å². The van der Waals surface area contributed by atoms with Crippen molar-refractivity contribution in [3.05, 3.63) is 45.9 Å². The molecular weight excluding hydrogens is 254 g/mol. The van der Waals surface area contributed by atoms with Gasteiger partial charge in [0.15, 0.2) is 0 Å². The van der Waals surface area contributed by atoms with E-state index in [1.54, 1.807) is 11.3 Å². The Kier molecular flexibility index (Phi) is 3.53. The smallest absolute Gasteiger partial charge is 0.107 e. The Labute approximate surface area is 118 Å². The number of nitrogens with two attached hydrogens (primary N) is 1. The molecular formula is C15H19N3S. The third kappa shape index (κ3) is 3.33. The summed E-state index contributed by atoms with van der Waals surface area (Å²) in [5.41, 5.74) is 9.12. The predicted octanol–water partition coefficient (Wildman–Crippen LogP) is 3.20. The Hall–Kier alpha value is -1.39. The molecule has 0 unspecified atom stereocenters. The molecule has 2 aromatic rings. The number of thiazole rings is 1. The molecule has 0 aliphatic heterocycles. The van der Waals surface area contributed by atoms with Crippen molar-refractivity contribution >= 4 is 17.0 Å². The van der Waals surface area contributed by atoms with Gasteiger partial charge in [0.1, 0.15) is 5.01 Å². The summed E-state index contributed by atoms with van der Waals surface area (Å²) in [5.74, 6) is 0. The van der Waals surface area contributed by atoms with E-state index < -0.39 is 0 Å².